The first kappa shape index (κ1) is 20.2. The van der Waals surface area contributed by atoms with Crippen molar-refractivity contribution in [1.29, 1.82) is 0 Å². The lowest BCUT2D eigenvalue weighted by molar-refractivity contribution is 0.0914. The van der Waals surface area contributed by atoms with E-state index in [1.165, 1.54) is 0 Å². The molecule has 0 unspecified atom stereocenters. The maximum Gasteiger partial charge on any atom is 0.290 e. The van der Waals surface area contributed by atoms with E-state index in [2.05, 4.69) is 15.5 Å². The number of pyridine rings is 1. The van der Waals surface area contributed by atoms with Gasteiger partial charge in [0.2, 0.25) is 11.6 Å². The summed E-state index contributed by atoms with van der Waals surface area (Å²) in [4.78, 5) is 16.7. The van der Waals surface area contributed by atoms with Gasteiger partial charge in [0.15, 0.2) is 11.5 Å². The number of benzene rings is 2. The SMILES string of the molecule is CCOc1ccccc1Oc1ccc(CNC(=O)c2cc(-c3ccccc3)no2)cn1. The number of hydrogen-bond acceptors (Lipinski definition) is 6. The minimum Gasteiger partial charge on any atom is -0.490 e. The van der Waals surface area contributed by atoms with E-state index in [9.17, 15) is 4.79 Å². The minimum absolute atomic E-state index is 0.152. The van der Waals surface area contributed by atoms with E-state index in [4.69, 9.17) is 14.0 Å². The van der Waals surface area contributed by atoms with E-state index in [0.717, 1.165) is 11.1 Å². The summed E-state index contributed by atoms with van der Waals surface area (Å²) in [6.07, 6.45) is 1.65. The molecule has 0 bridgehead atoms. The number of carbonyl (C=O) groups excluding carboxylic acids is 1. The van der Waals surface area contributed by atoms with Gasteiger partial charge in [-0.3, -0.25) is 4.79 Å². The van der Waals surface area contributed by atoms with Crippen molar-refractivity contribution in [1.82, 2.24) is 15.5 Å². The quantitative estimate of drug-likeness (QED) is 0.442. The molecule has 156 valence electrons. The first-order chi connectivity index (χ1) is 15.2. The predicted octanol–water partition coefficient (Wildman–Crippen LogP) is 4.86. The number of nitrogens with one attached hydrogen (secondary N) is 1. The number of carbonyl (C=O) groups is 1. The van der Waals surface area contributed by atoms with Gasteiger partial charge in [-0.05, 0) is 24.6 Å². The number of nitrogens with zero attached hydrogens (tertiary/aromatic N) is 2. The molecular formula is C24H21N3O4. The molecule has 2 aromatic heterocycles. The molecule has 31 heavy (non-hydrogen) atoms. The first-order valence-corrected chi connectivity index (χ1v) is 9.88. The van der Waals surface area contributed by atoms with Crippen molar-refractivity contribution in [2.75, 3.05) is 6.61 Å². The largest absolute Gasteiger partial charge is 0.490 e. The van der Waals surface area contributed by atoms with Gasteiger partial charge in [-0.2, -0.15) is 0 Å². The second kappa shape index (κ2) is 9.58. The van der Waals surface area contributed by atoms with E-state index in [1.54, 1.807) is 18.3 Å². The van der Waals surface area contributed by atoms with E-state index in [1.807, 2.05) is 67.6 Å². The van der Waals surface area contributed by atoms with Crippen LogP contribution in [0.4, 0.5) is 0 Å². The summed E-state index contributed by atoms with van der Waals surface area (Å²) in [6.45, 7) is 2.76. The normalized spacial score (nSPS) is 10.5. The molecule has 1 N–H and O–H groups in total. The van der Waals surface area contributed by atoms with Crippen LogP contribution in [0.25, 0.3) is 11.3 Å². The molecule has 0 saturated carbocycles. The Hall–Kier alpha value is -4.13. The molecule has 0 aliphatic heterocycles. The molecule has 0 atom stereocenters. The van der Waals surface area contributed by atoms with E-state index in [-0.39, 0.29) is 11.7 Å². The summed E-state index contributed by atoms with van der Waals surface area (Å²) in [5, 5.41) is 6.76. The van der Waals surface area contributed by atoms with Crippen molar-refractivity contribution in [3.05, 3.63) is 90.3 Å². The van der Waals surface area contributed by atoms with Crippen molar-refractivity contribution in [3.8, 4) is 28.6 Å². The molecule has 2 aromatic carbocycles. The molecule has 4 aromatic rings. The molecule has 7 heteroatoms. The van der Waals surface area contributed by atoms with E-state index >= 15 is 0 Å². The smallest absolute Gasteiger partial charge is 0.290 e. The Morgan fingerprint density at radius 3 is 2.52 bits per heavy atom. The fourth-order valence-electron chi connectivity index (χ4n) is 2.89. The average Bonchev–Trinajstić information content (AvgIpc) is 3.31. The van der Waals surface area contributed by atoms with Crippen molar-refractivity contribution < 1.29 is 18.8 Å². The topological polar surface area (TPSA) is 86.5 Å². The maximum absolute atomic E-state index is 12.4. The van der Waals surface area contributed by atoms with Crippen LogP contribution in [-0.2, 0) is 6.54 Å². The lowest BCUT2D eigenvalue weighted by Crippen LogP contribution is -2.22. The Labute approximate surface area is 179 Å². The number of aromatic nitrogens is 2. The van der Waals surface area contributed by atoms with Gasteiger partial charge in [0.05, 0.1) is 6.61 Å². The maximum atomic E-state index is 12.4. The summed E-state index contributed by atoms with van der Waals surface area (Å²) in [5.74, 6) is 1.49. The highest BCUT2D eigenvalue weighted by molar-refractivity contribution is 5.92. The van der Waals surface area contributed by atoms with Gasteiger partial charge in [-0.25, -0.2) is 4.98 Å². The molecule has 0 aliphatic rings. The minimum atomic E-state index is -0.347. The van der Waals surface area contributed by atoms with Crippen LogP contribution < -0.4 is 14.8 Å². The first-order valence-electron chi connectivity index (χ1n) is 9.88. The van der Waals surface area contributed by atoms with Crippen LogP contribution in [0.2, 0.25) is 0 Å². The van der Waals surface area contributed by atoms with Gasteiger partial charge in [0.25, 0.3) is 5.91 Å². The molecule has 1 amide bonds. The molecule has 0 spiro atoms. The lowest BCUT2D eigenvalue weighted by Gasteiger charge is -2.10. The number of ether oxygens (including phenoxy) is 2. The molecule has 0 saturated heterocycles. The van der Waals surface area contributed by atoms with Gasteiger partial charge in [-0.15, -0.1) is 0 Å². The Morgan fingerprint density at radius 2 is 1.77 bits per heavy atom. The van der Waals surface area contributed by atoms with Crippen LogP contribution in [0, 0.1) is 0 Å². The third kappa shape index (κ3) is 5.08. The molecule has 2 heterocycles. The zero-order valence-corrected chi connectivity index (χ0v) is 16.9. The highest BCUT2D eigenvalue weighted by atomic mass is 16.5. The fraction of sp³-hybridized carbons (Fsp3) is 0.125. The molecule has 7 nitrogen and oxygen atoms in total. The highest BCUT2D eigenvalue weighted by Crippen LogP contribution is 2.30. The zero-order chi connectivity index (χ0) is 21.5. The van der Waals surface area contributed by atoms with Crippen LogP contribution in [0.5, 0.6) is 17.4 Å². The highest BCUT2D eigenvalue weighted by Gasteiger charge is 2.14. The lowest BCUT2D eigenvalue weighted by atomic mass is 10.1. The summed E-state index contributed by atoms with van der Waals surface area (Å²) in [6, 6.07) is 22.1. The van der Waals surface area contributed by atoms with Gasteiger partial charge in [0.1, 0.15) is 5.69 Å². The van der Waals surface area contributed by atoms with E-state index < -0.39 is 0 Å². The third-order valence-corrected chi connectivity index (χ3v) is 4.42. The monoisotopic (exact) mass is 415 g/mol. The summed E-state index contributed by atoms with van der Waals surface area (Å²) in [5.41, 5.74) is 2.32. The van der Waals surface area contributed by atoms with Crippen LogP contribution >= 0.6 is 0 Å². The summed E-state index contributed by atoms with van der Waals surface area (Å²) >= 11 is 0. The zero-order valence-electron chi connectivity index (χ0n) is 16.9. The van der Waals surface area contributed by atoms with Crippen LogP contribution in [-0.4, -0.2) is 22.7 Å². The second-order valence-electron chi connectivity index (χ2n) is 6.61. The van der Waals surface area contributed by atoms with Crippen LogP contribution in [0.1, 0.15) is 23.0 Å². The van der Waals surface area contributed by atoms with Crippen LogP contribution in [0.15, 0.2) is 83.5 Å². The van der Waals surface area contributed by atoms with Crippen molar-refractivity contribution in [2.45, 2.75) is 13.5 Å². The standard InChI is InChI=1S/C24H21N3O4/c1-2-29-20-10-6-7-11-21(20)30-23-13-12-17(15-25-23)16-26-24(28)22-14-19(27-31-22)18-8-4-3-5-9-18/h3-15H,2,16H2,1H3,(H,26,28). The number of hydrogen-bond donors (Lipinski definition) is 1. The Balaban J connectivity index is 1.35. The van der Waals surface area contributed by atoms with Crippen molar-refractivity contribution in [3.63, 3.8) is 0 Å². The molecule has 0 radical (unpaired) electrons. The van der Waals surface area contributed by atoms with E-state index in [0.29, 0.717) is 36.2 Å². The van der Waals surface area contributed by atoms with Crippen LogP contribution in [0.3, 0.4) is 0 Å². The van der Waals surface area contributed by atoms with Crippen molar-refractivity contribution in [2.24, 2.45) is 0 Å². The molecule has 4 rings (SSSR count). The second-order valence-corrected chi connectivity index (χ2v) is 6.61. The van der Waals surface area contributed by atoms with Gasteiger partial charge in [0, 0.05) is 30.4 Å². The van der Waals surface area contributed by atoms with Crippen molar-refractivity contribution >= 4 is 5.91 Å². The molecule has 0 aliphatic carbocycles. The average molecular weight is 415 g/mol. The van der Waals surface area contributed by atoms with Gasteiger partial charge in [-0.1, -0.05) is 53.7 Å². The Kier molecular flexibility index (Phi) is 6.23. The number of amides is 1. The fourth-order valence-corrected chi connectivity index (χ4v) is 2.89. The number of para-hydroxylation sites is 2. The van der Waals surface area contributed by atoms with Gasteiger partial charge >= 0.3 is 0 Å². The predicted molar refractivity (Wildman–Crippen MR) is 115 cm³/mol. The Bertz CT molecular complexity index is 1140. The Morgan fingerprint density at radius 1 is 1.00 bits per heavy atom. The molecule has 0 fully saturated rings. The summed E-state index contributed by atoms with van der Waals surface area (Å²) in [7, 11) is 0. The number of rotatable bonds is 8. The summed E-state index contributed by atoms with van der Waals surface area (Å²) < 4.78 is 16.5. The molecular weight excluding hydrogens is 394 g/mol. The third-order valence-electron chi connectivity index (χ3n) is 4.42. The van der Waals surface area contributed by atoms with Gasteiger partial charge < -0.3 is 19.3 Å².